The molecule has 1 heterocycles. The van der Waals surface area contributed by atoms with Crippen LogP contribution in [-0.2, 0) is 4.79 Å². The number of nitrogens with one attached hydrogen (secondary N) is 4. The Labute approximate surface area is 217 Å². The first kappa shape index (κ1) is 27.7. The van der Waals surface area contributed by atoms with Gasteiger partial charge in [-0.2, -0.15) is 0 Å². The largest absolute Gasteiger partial charge is 0.410 e. The van der Waals surface area contributed by atoms with Gasteiger partial charge in [-0.25, -0.2) is 15.1 Å². The van der Waals surface area contributed by atoms with Gasteiger partial charge in [-0.05, 0) is 49.2 Å². The number of anilines is 2. The molecule has 0 spiro atoms. The molecule has 0 fully saturated rings. The molecule has 0 atom stereocenters. The molecule has 38 heavy (non-hydrogen) atoms. The third-order valence-corrected chi connectivity index (χ3v) is 5.26. The number of carbonyl (C=O) groups is 4. The number of rotatable bonds is 12. The van der Waals surface area contributed by atoms with Crippen molar-refractivity contribution in [1.29, 1.82) is 0 Å². The second-order valence-corrected chi connectivity index (χ2v) is 8.11. The molecule has 0 saturated carbocycles. The Morgan fingerprint density at radius 1 is 0.947 bits per heavy atom. The van der Waals surface area contributed by atoms with Gasteiger partial charge in [-0.3, -0.25) is 20.1 Å². The molecule has 0 radical (unpaired) electrons. The summed E-state index contributed by atoms with van der Waals surface area (Å²) in [4.78, 5) is 46.7. The molecule has 3 rings (SSSR count). The van der Waals surface area contributed by atoms with E-state index in [2.05, 4.69) is 21.1 Å². The van der Waals surface area contributed by atoms with Gasteiger partial charge < -0.3 is 25.6 Å². The summed E-state index contributed by atoms with van der Waals surface area (Å²) in [6, 6.07) is 13.8. The lowest BCUT2D eigenvalue weighted by Crippen LogP contribution is -2.24. The van der Waals surface area contributed by atoms with Crippen molar-refractivity contribution in [3.63, 3.8) is 0 Å². The third-order valence-electron chi connectivity index (χ3n) is 5.26. The number of ether oxygens (including phenoxy) is 1. The molecule has 1 aromatic heterocycles. The van der Waals surface area contributed by atoms with Crippen molar-refractivity contribution >= 4 is 35.4 Å². The molecule has 0 aliphatic carbocycles. The number of hydrogen-bond acceptors (Lipinski definition) is 8. The van der Waals surface area contributed by atoms with Gasteiger partial charge in [-0.1, -0.05) is 30.1 Å². The van der Waals surface area contributed by atoms with Crippen LogP contribution in [0.4, 0.5) is 21.1 Å². The van der Waals surface area contributed by atoms with Crippen molar-refractivity contribution < 1.29 is 33.6 Å². The van der Waals surface area contributed by atoms with Crippen LogP contribution < -0.4 is 31.9 Å². The van der Waals surface area contributed by atoms with Crippen LogP contribution in [0.15, 0.2) is 59.1 Å². The number of primary amides is 1. The number of nitrogens with zero attached hydrogens (tertiary/aromatic N) is 1. The average molecular weight is 525 g/mol. The van der Waals surface area contributed by atoms with Crippen LogP contribution in [0.3, 0.4) is 0 Å². The van der Waals surface area contributed by atoms with E-state index >= 15 is 0 Å². The number of nitrogens with two attached hydrogens (primary N) is 1. The Morgan fingerprint density at radius 2 is 1.68 bits per heavy atom. The highest BCUT2D eigenvalue weighted by Gasteiger charge is 2.15. The van der Waals surface area contributed by atoms with E-state index in [-0.39, 0.29) is 29.7 Å². The summed E-state index contributed by atoms with van der Waals surface area (Å²) in [6.45, 7) is 0.492. The van der Waals surface area contributed by atoms with Crippen LogP contribution >= 0.6 is 0 Å². The van der Waals surface area contributed by atoms with Crippen LogP contribution in [0.25, 0.3) is 11.3 Å². The van der Waals surface area contributed by atoms with Crippen molar-refractivity contribution in [3.8, 4) is 17.1 Å². The van der Waals surface area contributed by atoms with Crippen molar-refractivity contribution in [2.24, 2.45) is 5.73 Å². The second-order valence-electron chi connectivity index (χ2n) is 8.11. The molecule has 0 bridgehead atoms. The Hall–Kier alpha value is -4.91. The SMILES string of the molecule is NC(=O)Oc1ccccc1-c1cc(NC(=O)Nc2ccc(C(=O)NCCCCCCC(=O)NO)cc2)no1. The highest BCUT2D eigenvalue weighted by molar-refractivity contribution is 6.00. The summed E-state index contributed by atoms with van der Waals surface area (Å²) in [5.41, 5.74) is 7.99. The molecule has 0 saturated heterocycles. The van der Waals surface area contributed by atoms with Gasteiger partial charge >= 0.3 is 12.1 Å². The number of carbonyl (C=O) groups excluding carboxylic acids is 4. The minimum Gasteiger partial charge on any atom is -0.410 e. The van der Waals surface area contributed by atoms with E-state index < -0.39 is 18.0 Å². The fourth-order valence-electron chi connectivity index (χ4n) is 3.44. The van der Waals surface area contributed by atoms with Crippen LogP contribution in [0, 0.1) is 0 Å². The van der Waals surface area contributed by atoms with Gasteiger partial charge in [-0.15, -0.1) is 0 Å². The first-order chi connectivity index (χ1) is 18.4. The van der Waals surface area contributed by atoms with Gasteiger partial charge in [0.1, 0.15) is 5.75 Å². The molecule has 13 heteroatoms. The number of hydrogen-bond donors (Lipinski definition) is 6. The van der Waals surface area contributed by atoms with Gasteiger partial charge in [0.05, 0.1) is 5.56 Å². The van der Waals surface area contributed by atoms with Crippen LogP contribution in [0.1, 0.15) is 42.5 Å². The van der Waals surface area contributed by atoms with Gasteiger partial charge in [0, 0.05) is 30.3 Å². The first-order valence-corrected chi connectivity index (χ1v) is 11.8. The summed E-state index contributed by atoms with van der Waals surface area (Å²) in [5, 5.41) is 20.2. The Bertz CT molecular complexity index is 1260. The van der Waals surface area contributed by atoms with Crippen LogP contribution in [0.5, 0.6) is 5.75 Å². The van der Waals surface area contributed by atoms with E-state index in [1.807, 2.05) is 0 Å². The topological polar surface area (TPSA) is 198 Å². The fraction of sp³-hybridized carbons (Fsp3) is 0.240. The van der Waals surface area contributed by atoms with E-state index in [0.29, 0.717) is 29.8 Å². The standard InChI is InChI=1S/C25H28N6O7/c26-24(34)37-19-8-5-4-7-18(19)20-15-21(31-38-20)29-25(35)28-17-12-10-16(11-13-17)23(33)27-14-6-2-1-3-9-22(32)30-36/h4-5,7-8,10-13,15,36H,1-3,6,9,14H2,(H2,26,34)(H,27,33)(H,30,32)(H2,28,29,31,35). The highest BCUT2D eigenvalue weighted by atomic mass is 16.5. The zero-order valence-corrected chi connectivity index (χ0v) is 20.4. The quantitative estimate of drug-likeness (QED) is 0.117. The minimum absolute atomic E-state index is 0.124. The van der Waals surface area contributed by atoms with E-state index in [4.69, 9.17) is 20.2 Å². The third kappa shape index (κ3) is 8.64. The molecule has 2 aromatic carbocycles. The number of benzene rings is 2. The Balaban J connectivity index is 1.43. The molecule has 3 aromatic rings. The number of unbranched alkanes of at least 4 members (excludes halogenated alkanes) is 3. The summed E-state index contributed by atoms with van der Waals surface area (Å²) < 4.78 is 10.2. The van der Waals surface area contributed by atoms with Crippen molar-refractivity contribution in [2.75, 3.05) is 17.2 Å². The van der Waals surface area contributed by atoms with E-state index in [1.54, 1.807) is 47.9 Å². The molecule has 7 N–H and O–H groups in total. The van der Waals surface area contributed by atoms with Gasteiger partial charge in [0.25, 0.3) is 5.91 Å². The number of urea groups is 1. The number of para-hydroxylation sites is 1. The van der Waals surface area contributed by atoms with E-state index in [9.17, 15) is 19.2 Å². The lowest BCUT2D eigenvalue weighted by molar-refractivity contribution is -0.129. The lowest BCUT2D eigenvalue weighted by Gasteiger charge is -2.08. The smallest absolute Gasteiger partial charge is 0.409 e. The zero-order chi connectivity index (χ0) is 27.3. The molecule has 0 unspecified atom stereocenters. The second kappa shape index (κ2) is 14.0. The number of aromatic nitrogens is 1. The summed E-state index contributed by atoms with van der Waals surface area (Å²) >= 11 is 0. The van der Waals surface area contributed by atoms with Gasteiger partial charge in [0.15, 0.2) is 11.6 Å². The van der Waals surface area contributed by atoms with Gasteiger partial charge in [0.2, 0.25) is 5.91 Å². The number of hydroxylamine groups is 1. The normalized spacial score (nSPS) is 10.3. The van der Waals surface area contributed by atoms with Crippen molar-refractivity contribution in [3.05, 3.63) is 60.2 Å². The average Bonchev–Trinajstić information content (AvgIpc) is 3.36. The predicted octanol–water partition coefficient (Wildman–Crippen LogP) is 3.63. The maximum Gasteiger partial charge on any atom is 0.409 e. The van der Waals surface area contributed by atoms with E-state index in [1.165, 1.54) is 12.1 Å². The lowest BCUT2D eigenvalue weighted by atomic mass is 10.1. The molecular weight excluding hydrogens is 496 g/mol. The highest BCUT2D eigenvalue weighted by Crippen LogP contribution is 2.31. The Morgan fingerprint density at radius 3 is 2.42 bits per heavy atom. The fourth-order valence-corrected chi connectivity index (χ4v) is 3.44. The van der Waals surface area contributed by atoms with Crippen molar-refractivity contribution in [1.82, 2.24) is 16.0 Å². The first-order valence-electron chi connectivity index (χ1n) is 11.8. The molecular formula is C25H28N6O7. The van der Waals surface area contributed by atoms with Crippen LogP contribution in [-0.4, -0.2) is 40.8 Å². The minimum atomic E-state index is -0.975. The molecule has 5 amide bonds. The molecule has 0 aliphatic rings. The zero-order valence-electron chi connectivity index (χ0n) is 20.4. The monoisotopic (exact) mass is 524 g/mol. The number of amides is 5. The maximum absolute atomic E-state index is 12.4. The molecule has 0 aliphatic heterocycles. The summed E-state index contributed by atoms with van der Waals surface area (Å²) in [6.07, 6.45) is 2.39. The van der Waals surface area contributed by atoms with E-state index in [0.717, 1.165) is 19.3 Å². The van der Waals surface area contributed by atoms with Crippen LogP contribution in [0.2, 0.25) is 0 Å². The predicted molar refractivity (Wildman–Crippen MR) is 137 cm³/mol. The maximum atomic E-state index is 12.4. The summed E-state index contributed by atoms with van der Waals surface area (Å²) in [7, 11) is 0. The Kier molecular flexibility index (Phi) is 10.2. The van der Waals surface area contributed by atoms with Crippen molar-refractivity contribution in [2.45, 2.75) is 32.1 Å². The molecule has 200 valence electrons. The summed E-state index contributed by atoms with van der Waals surface area (Å²) in [5.74, 6) is -0.0885. The molecule has 13 nitrogen and oxygen atoms in total.